The van der Waals surface area contributed by atoms with Crippen molar-refractivity contribution in [2.75, 3.05) is 6.54 Å². The SMILES string of the molecule is CCCNCc1c(C)nc(Cc2cccs2)nc1C. The normalized spacial score (nSPS) is 10.9. The molecule has 1 N–H and O–H groups in total. The van der Waals surface area contributed by atoms with E-state index in [0.717, 1.165) is 43.1 Å². The van der Waals surface area contributed by atoms with E-state index in [9.17, 15) is 0 Å². The smallest absolute Gasteiger partial charge is 0.134 e. The monoisotopic (exact) mass is 275 g/mol. The summed E-state index contributed by atoms with van der Waals surface area (Å²) in [6.45, 7) is 8.24. The summed E-state index contributed by atoms with van der Waals surface area (Å²) < 4.78 is 0. The first-order valence-corrected chi connectivity index (χ1v) is 7.64. The van der Waals surface area contributed by atoms with Gasteiger partial charge in [0.05, 0.1) is 0 Å². The number of aromatic nitrogens is 2. The molecule has 102 valence electrons. The third-order valence-electron chi connectivity index (χ3n) is 3.11. The van der Waals surface area contributed by atoms with E-state index in [1.54, 1.807) is 11.3 Å². The number of hydrogen-bond acceptors (Lipinski definition) is 4. The molecule has 0 aliphatic heterocycles. The fourth-order valence-corrected chi connectivity index (χ4v) is 2.80. The van der Waals surface area contributed by atoms with Crippen molar-refractivity contribution in [3.8, 4) is 0 Å². The van der Waals surface area contributed by atoms with Crippen molar-refractivity contribution in [1.82, 2.24) is 15.3 Å². The number of nitrogens with one attached hydrogen (secondary N) is 1. The average molecular weight is 275 g/mol. The van der Waals surface area contributed by atoms with Crippen LogP contribution in [-0.4, -0.2) is 16.5 Å². The van der Waals surface area contributed by atoms with Gasteiger partial charge in [-0.15, -0.1) is 11.3 Å². The summed E-state index contributed by atoms with van der Waals surface area (Å²) in [5, 5.41) is 5.52. The van der Waals surface area contributed by atoms with Gasteiger partial charge in [0, 0.05) is 34.8 Å². The molecule has 0 spiro atoms. The molecule has 0 saturated carbocycles. The Balaban J connectivity index is 2.12. The van der Waals surface area contributed by atoms with E-state index in [1.807, 2.05) is 0 Å². The molecule has 0 atom stereocenters. The van der Waals surface area contributed by atoms with Crippen molar-refractivity contribution < 1.29 is 0 Å². The Morgan fingerprint density at radius 3 is 2.53 bits per heavy atom. The van der Waals surface area contributed by atoms with Crippen LogP contribution in [0.3, 0.4) is 0 Å². The predicted octanol–water partition coefficient (Wildman–Crippen LogP) is 3.25. The van der Waals surface area contributed by atoms with Gasteiger partial charge < -0.3 is 5.32 Å². The van der Waals surface area contributed by atoms with Crippen LogP contribution in [0.15, 0.2) is 17.5 Å². The number of thiophene rings is 1. The molecule has 0 aliphatic carbocycles. The Bertz CT molecular complexity index is 497. The van der Waals surface area contributed by atoms with Gasteiger partial charge in [-0.05, 0) is 38.3 Å². The molecule has 2 aromatic rings. The summed E-state index contributed by atoms with van der Waals surface area (Å²) in [6.07, 6.45) is 1.98. The average Bonchev–Trinajstić information content (AvgIpc) is 2.85. The molecule has 0 fully saturated rings. The molecular weight excluding hydrogens is 254 g/mol. The Kier molecular flexibility index (Phi) is 5.05. The minimum atomic E-state index is 0.835. The predicted molar refractivity (Wildman–Crippen MR) is 80.6 cm³/mol. The van der Waals surface area contributed by atoms with Gasteiger partial charge >= 0.3 is 0 Å². The zero-order valence-corrected chi connectivity index (χ0v) is 12.7. The molecule has 0 bridgehead atoms. The molecule has 0 aromatic carbocycles. The van der Waals surface area contributed by atoms with E-state index in [0.29, 0.717) is 0 Å². The van der Waals surface area contributed by atoms with Gasteiger partial charge in [0.2, 0.25) is 0 Å². The summed E-state index contributed by atoms with van der Waals surface area (Å²) in [6, 6.07) is 4.21. The van der Waals surface area contributed by atoms with E-state index in [4.69, 9.17) is 0 Å². The lowest BCUT2D eigenvalue weighted by Crippen LogP contribution is -2.17. The third-order valence-corrected chi connectivity index (χ3v) is 3.98. The van der Waals surface area contributed by atoms with Gasteiger partial charge in [-0.3, -0.25) is 0 Å². The van der Waals surface area contributed by atoms with Crippen LogP contribution in [0.2, 0.25) is 0 Å². The summed E-state index contributed by atoms with van der Waals surface area (Å²) in [5.41, 5.74) is 3.44. The molecule has 0 amide bonds. The van der Waals surface area contributed by atoms with Crippen LogP contribution in [0.5, 0.6) is 0 Å². The van der Waals surface area contributed by atoms with Gasteiger partial charge in [0.25, 0.3) is 0 Å². The van der Waals surface area contributed by atoms with Crippen LogP contribution in [-0.2, 0) is 13.0 Å². The third kappa shape index (κ3) is 3.85. The van der Waals surface area contributed by atoms with Crippen molar-refractivity contribution in [3.63, 3.8) is 0 Å². The molecule has 3 nitrogen and oxygen atoms in total. The first-order valence-electron chi connectivity index (χ1n) is 6.76. The fraction of sp³-hybridized carbons (Fsp3) is 0.467. The van der Waals surface area contributed by atoms with Gasteiger partial charge in [-0.1, -0.05) is 13.0 Å². The quantitative estimate of drug-likeness (QED) is 0.822. The summed E-state index contributed by atoms with van der Waals surface area (Å²) in [7, 11) is 0. The Labute approximate surface area is 119 Å². The zero-order valence-electron chi connectivity index (χ0n) is 11.9. The van der Waals surface area contributed by atoms with Crippen molar-refractivity contribution >= 4 is 11.3 Å². The van der Waals surface area contributed by atoms with Gasteiger partial charge in [-0.25, -0.2) is 9.97 Å². The fourth-order valence-electron chi connectivity index (χ4n) is 2.10. The lowest BCUT2D eigenvalue weighted by molar-refractivity contribution is 0.663. The van der Waals surface area contributed by atoms with E-state index in [1.165, 1.54) is 10.4 Å². The van der Waals surface area contributed by atoms with Crippen LogP contribution >= 0.6 is 11.3 Å². The number of aryl methyl sites for hydroxylation is 2. The highest BCUT2D eigenvalue weighted by Crippen LogP contribution is 2.15. The number of nitrogens with zero attached hydrogens (tertiary/aromatic N) is 2. The standard InChI is InChI=1S/C15H21N3S/c1-4-7-16-10-14-11(2)17-15(18-12(14)3)9-13-6-5-8-19-13/h5-6,8,16H,4,7,9-10H2,1-3H3. The van der Waals surface area contributed by atoms with Crippen LogP contribution < -0.4 is 5.32 Å². The van der Waals surface area contributed by atoms with Crippen molar-refractivity contribution in [3.05, 3.63) is 45.2 Å². The Hall–Kier alpha value is -1.26. The first-order chi connectivity index (χ1) is 9.20. The highest BCUT2D eigenvalue weighted by molar-refractivity contribution is 7.09. The summed E-state index contributed by atoms with van der Waals surface area (Å²) in [5.74, 6) is 0.927. The second-order valence-corrected chi connectivity index (χ2v) is 5.75. The van der Waals surface area contributed by atoms with Crippen molar-refractivity contribution in [2.24, 2.45) is 0 Å². The largest absolute Gasteiger partial charge is 0.313 e. The van der Waals surface area contributed by atoms with Crippen molar-refractivity contribution in [1.29, 1.82) is 0 Å². The highest BCUT2D eigenvalue weighted by Gasteiger charge is 2.09. The molecular formula is C15H21N3S. The number of rotatable bonds is 6. The van der Waals surface area contributed by atoms with Crippen LogP contribution in [0, 0.1) is 13.8 Å². The Morgan fingerprint density at radius 1 is 1.21 bits per heavy atom. The van der Waals surface area contributed by atoms with Crippen molar-refractivity contribution in [2.45, 2.75) is 40.2 Å². The molecule has 0 saturated heterocycles. The highest BCUT2D eigenvalue weighted by atomic mass is 32.1. The molecule has 0 radical (unpaired) electrons. The Morgan fingerprint density at radius 2 is 1.95 bits per heavy atom. The van der Waals surface area contributed by atoms with Crippen LogP contribution in [0.1, 0.15) is 41.0 Å². The molecule has 19 heavy (non-hydrogen) atoms. The topological polar surface area (TPSA) is 37.8 Å². The van der Waals surface area contributed by atoms with E-state index < -0.39 is 0 Å². The van der Waals surface area contributed by atoms with Gasteiger partial charge in [0.1, 0.15) is 5.82 Å². The maximum absolute atomic E-state index is 4.64. The van der Waals surface area contributed by atoms with E-state index in [-0.39, 0.29) is 0 Å². The van der Waals surface area contributed by atoms with Crippen LogP contribution in [0.25, 0.3) is 0 Å². The second kappa shape index (κ2) is 6.78. The van der Waals surface area contributed by atoms with Gasteiger partial charge in [0.15, 0.2) is 0 Å². The van der Waals surface area contributed by atoms with E-state index >= 15 is 0 Å². The molecule has 0 aliphatic rings. The van der Waals surface area contributed by atoms with Crippen LogP contribution in [0.4, 0.5) is 0 Å². The summed E-state index contributed by atoms with van der Waals surface area (Å²) in [4.78, 5) is 10.6. The lowest BCUT2D eigenvalue weighted by Gasteiger charge is -2.11. The molecule has 0 unspecified atom stereocenters. The number of hydrogen-bond donors (Lipinski definition) is 1. The first kappa shape index (κ1) is 14.2. The molecule has 2 aromatic heterocycles. The minimum Gasteiger partial charge on any atom is -0.313 e. The molecule has 2 rings (SSSR count). The maximum atomic E-state index is 4.64. The zero-order chi connectivity index (χ0) is 13.7. The summed E-state index contributed by atoms with van der Waals surface area (Å²) >= 11 is 1.76. The maximum Gasteiger partial charge on any atom is 0.134 e. The minimum absolute atomic E-state index is 0.835. The van der Waals surface area contributed by atoms with Gasteiger partial charge in [-0.2, -0.15) is 0 Å². The van der Waals surface area contributed by atoms with E-state index in [2.05, 4.69) is 53.6 Å². The molecule has 4 heteroatoms. The lowest BCUT2D eigenvalue weighted by atomic mass is 10.1. The molecule has 2 heterocycles. The second-order valence-electron chi connectivity index (χ2n) is 4.72.